The lowest BCUT2D eigenvalue weighted by atomic mass is 10.3. The Morgan fingerprint density at radius 3 is 2.82 bits per heavy atom. The number of aryl methyl sites for hydroxylation is 1. The summed E-state index contributed by atoms with van der Waals surface area (Å²) >= 11 is 0. The Morgan fingerprint density at radius 2 is 2.29 bits per heavy atom. The van der Waals surface area contributed by atoms with E-state index in [0.717, 1.165) is 5.56 Å². The van der Waals surface area contributed by atoms with Crippen molar-refractivity contribution in [2.75, 3.05) is 20.1 Å². The number of aromatic nitrogens is 2. The second-order valence-electron chi connectivity index (χ2n) is 3.73. The third-order valence-electron chi connectivity index (χ3n) is 2.15. The van der Waals surface area contributed by atoms with Crippen molar-refractivity contribution in [2.24, 2.45) is 12.8 Å². The van der Waals surface area contributed by atoms with Crippen molar-refractivity contribution in [2.45, 2.75) is 6.54 Å². The largest absolute Gasteiger partial charge is 0.347 e. The lowest BCUT2D eigenvalue weighted by Crippen LogP contribution is -2.42. The first-order valence-corrected chi connectivity index (χ1v) is 5.25. The third kappa shape index (κ3) is 3.87. The first kappa shape index (κ1) is 13.2. The Kier molecular flexibility index (Phi) is 4.65. The molecule has 0 saturated carbocycles. The van der Waals surface area contributed by atoms with Crippen LogP contribution in [0.2, 0.25) is 0 Å². The van der Waals surface area contributed by atoms with Crippen molar-refractivity contribution >= 4 is 11.8 Å². The summed E-state index contributed by atoms with van der Waals surface area (Å²) in [5, 5.41) is 6.41. The normalized spacial score (nSPS) is 10.1. The van der Waals surface area contributed by atoms with E-state index in [1.165, 1.54) is 4.90 Å². The van der Waals surface area contributed by atoms with Gasteiger partial charge in [-0.2, -0.15) is 5.10 Å². The van der Waals surface area contributed by atoms with Gasteiger partial charge in [0.25, 0.3) is 0 Å². The summed E-state index contributed by atoms with van der Waals surface area (Å²) in [6.45, 7) is 0.958. The molecular formula is C10H17N5O2. The summed E-state index contributed by atoms with van der Waals surface area (Å²) < 4.78 is 1.64. The van der Waals surface area contributed by atoms with Gasteiger partial charge in [0.2, 0.25) is 0 Å². The van der Waals surface area contributed by atoms with Crippen LogP contribution in [0.15, 0.2) is 12.4 Å². The van der Waals surface area contributed by atoms with Crippen molar-refractivity contribution in [3.8, 4) is 0 Å². The molecule has 2 amide bonds. The maximum atomic E-state index is 11.6. The van der Waals surface area contributed by atoms with Crippen molar-refractivity contribution in [3.63, 3.8) is 0 Å². The number of carbonyl (C=O) groups excluding carboxylic acids is 2. The molecule has 0 bridgehead atoms. The maximum Gasteiger partial charge on any atom is 0.311 e. The minimum atomic E-state index is -0.637. The van der Waals surface area contributed by atoms with Crippen LogP contribution in [0.1, 0.15) is 5.56 Å². The van der Waals surface area contributed by atoms with Gasteiger partial charge < -0.3 is 16.0 Å². The van der Waals surface area contributed by atoms with Crippen LogP contribution in [0, 0.1) is 0 Å². The Morgan fingerprint density at radius 1 is 1.59 bits per heavy atom. The second-order valence-corrected chi connectivity index (χ2v) is 3.73. The molecule has 7 heteroatoms. The number of hydrogen-bond donors (Lipinski definition) is 2. The zero-order chi connectivity index (χ0) is 12.8. The minimum Gasteiger partial charge on any atom is -0.347 e. The monoisotopic (exact) mass is 239 g/mol. The van der Waals surface area contributed by atoms with Gasteiger partial charge in [-0.3, -0.25) is 14.3 Å². The molecular weight excluding hydrogens is 222 g/mol. The highest BCUT2D eigenvalue weighted by Gasteiger charge is 2.18. The number of rotatable bonds is 4. The molecule has 0 saturated heterocycles. The summed E-state index contributed by atoms with van der Waals surface area (Å²) in [4.78, 5) is 24.3. The molecule has 0 atom stereocenters. The quantitative estimate of drug-likeness (QED) is 0.622. The van der Waals surface area contributed by atoms with Gasteiger partial charge in [-0.15, -0.1) is 0 Å². The van der Waals surface area contributed by atoms with Crippen LogP contribution in [-0.4, -0.2) is 46.6 Å². The fourth-order valence-corrected chi connectivity index (χ4v) is 1.33. The van der Waals surface area contributed by atoms with Crippen LogP contribution in [-0.2, 0) is 23.2 Å². The average Bonchev–Trinajstić information content (AvgIpc) is 2.70. The molecule has 94 valence electrons. The molecule has 0 aliphatic carbocycles. The summed E-state index contributed by atoms with van der Waals surface area (Å²) in [6.07, 6.45) is 3.45. The highest BCUT2D eigenvalue weighted by Crippen LogP contribution is 2.01. The fourth-order valence-electron chi connectivity index (χ4n) is 1.33. The highest BCUT2D eigenvalue weighted by atomic mass is 16.2. The molecule has 1 aromatic rings. The number of carbonyl (C=O) groups is 2. The molecule has 17 heavy (non-hydrogen) atoms. The Labute approximate surface area is 99.6 Å². The van der Waals surface area contributed by atoms with Crippen LogP contribution in [0.25, 0.3) is 0 Å². The second kappa shape index (κ2) is 6.00. The van der Waals surface area contributed by atoms with Crippen LogP contribution in [0.3, 0.4) is 0 Å². The van der Waals surface area contributed by atoms with E-state index < -0.39 is 11.8 Å². The van der Waals surface area contributed by atoms with E-state index in [-0.39, 0.29) is 0 Å². The molecule has 0 fully saturated rings. The molecule has 0 radical (unpaired) electrons. The summed E-state index contributed by atoms with van der Waals surface area (Å²) in [6, 6.07) is 0. The molecule has 3 N–H and O–H groups in total. The smallest absolute Gasteiger partial charge is 0.311 e. The van der Waals surface area contributed by atoms with Gasteiger partial charge in [-0.25, -0.2) is 0 Å². The predicted molar refractivity (Wildman–Crippen MR) is 61.7 cm³/mol. The molecule has 0 aliphatic rings. The number of amides is 2. The van der Waals surface area contributed by atoms with Crippen molar-refractivity contribution < 1.29 is 9.59 Å². The van der Waals surface area contributed by atoms with Crippen molar-refractivity contribution in [3.05, 3.63) is 18.0 Å². The highest BCUT2D eigenvalue weighted by molar-refractivity contribution is 6.34. The number of hydrogen-bond acceptors (Lipinski definition) is 4. The number of nitrogens with two attached hydrogens (primary N) is 1. The first-order chi connectivity index (χ1) is 8.04. The molecule has 0 unspecified atom stereocenters. The van der Waals surface area contributed by atoms with Gasteiger partial charge in [0, 0.05) is 45.5 Å². The van der Waals surface area contributed by atoms with Crippen LogP contribution < -0.4 is 11.1 Å². The van der Waals surface area contributed by atoms with E-state index in [9.17, 15) is 9.59 Å². The van der Waals surface area contributed by atoms with E-state index in [4.69, 9.17) is 5.73 Å². The first-order valence-electron chi connectivity index (χ1n) is 5.25. The number of likely N-dealkylation sites (N-methyl/N-ethyl adjacent to an activating group) is 1. The SMILES string of the molecule is CN(Cc1cnn(C)c1)C(=O)C(=O)NCCN. The van der Waals surface area contributed by atoms with Gasteiger partial charge >= 0.3 is 11.8 Å². The predicted octanol–water partition coefficient (Wildman–Crippen LogP) is -1.55. The standard InChI is InChI=1S/C10H17N5O2/c1-14(6-8-5-13-15(2)7-8)10(17)9(16)12-4-3-11/h5,7H,3-4,6,11H2,1-2H3,(H,12,16). The van der Waals surface area contributed by atoms with E-state index in [1.54, 1.807) is 31.2 Å². The van der Waals surface area contributed by atoms with Crippen molar-refractivity contribution in [1.82, 2.24) is 20.0 Å². The molecule has 1 rings (SSSR count). The third-order valence-corrected chi connectivity index (χ3v) is 2.15. The van der Waals surface area contributed by atoms with E-state index in [1.807, 2.05) is 0 Å². The molecule has 7 nitrogen and oxygen atoms in total. The molecule has 0 aromatic carbocycles. The van der Waals surface area contributed by atoms with Crippen LogP contribution in [0.4, 0.5) is 0 Å². The molecule has 1 aromatic heterocycles. The zero-order valence-corrected chi connectivity index (χ0v) is 10.0. The maximum absolute atomic E-state index is 11.6. The van der Waals surface area contributed by atoms with E-state index in [0.29, 0.717) is 19.6 Å². The summed E-state index contributed by atoms with van der Waals surface area (Å²) in [5.74, 6) is -1.22. The van der Waals surface area contributed by atoms with Gasteiger partial charge in [-0.05, 0) is 0 Å². The van der Waals surface area contributed by atoms with Gasteiger partial charge in [0.15, 0.2) is 0 Å². The lowest BCUT2D eigenvalue weighted by Gasteiger charge is -2.15. The van der Waals surface area contributed by atoms with Crippen molar-refractivity contribution in [1.29, 1.82) is 0 Å². The lowest BCUT2D eigenvalue weighted by molar-refractivity contribution is -0.145. The zero-order valence-electron chi connectivity index (χ0n) is 10.0. The topological polar surface area (TPSA) is 93.2 Å². The van der Waals surface area contributed by atoms with Gasteiger partial charge in [0.05, 0.1) is 6.20 Å². The van der Waals surface area contributed by atoms with E-state index >= 15 is 0 Å². The summed E-state index contributed by atoms with van der Waals surface area (Å²) in [5.41, 5.74) is 6.10. The molecule has 0 aliphatic heterocycles. The van der Waals surface area contributed by atoms with Gasteiger partial charge in [-0.1, -0.05) is 0 Å². The van der Waals surface area contributed by atoms with E-state index in [2.05, 4.69) is 10.4 Å². The average molecular weight is 239 g/mol. The minimum absolute atomic E-state index is 0.297. The fraction of sp³-hybridized carbons (Fsp3) is 0.500. The summed E-state index contributed by atoms with van der Waals surface area (Å²) in [7, 11) is 3.36. The Hall–Kier alpha value is -1.89. The molecule has 0 spiro atoms. The van der Waals surface area contributed by atoms with Crippen LogP contribution >= 0.6 is 0 Å². The Bertz CT molecular complexity index is 401. The van der Waals surface area contributed by atoms with Gasteiger partial charge in [0.1, 0.15) is 0 Å². The Balaban J connectivity index is 2.49. The number of nitrogens with zero attached hydrogens (tertiary/aromatic N) is 3. The number of nitrogens with one attached hydrogen (secondary N) is 1. The van der Waals surface area contributed by atoms with Crippen LogP contribution in [0.5, 0.6) is 0 Å². The molecule has 1 heterocycles.